The van der Waals surface area contributed by atoms with Crippen molar-refractivity contribution in [3.8, 4) is 0 Å². The zero-order valence-corrected chi connectivity index (χ0v) is 12.5. The quantitative estimate of drug-likeness (QED) is 0.897. The summed E-state index contributed by atoms with van der Waals surface area (Å²) in [5.41, 5.74) is -0.723. The fraction of sp³-hybridized carbons (Fsp3) is 0.462. The van der Waals surface area contributed by atoms with Crippen molar-refractivity contribution in [2.75, 3.05) is 13.1 Å². The molecule has 1 amide bonds. The molecule has 2 rings (SSSR count). The molecular formula is C13H16F2N2O3S. The molecule has 0 radical (unpaired) electrons. The van der Waals surface area contributed by atoms with Crippen LogP contribution in [0.2, 0.25) is 0 Å². The van der Waals surface area contributed by atoms with Crippen LogP contribution in [0.1, 0.15) is 30.6 Å². The molecule has 0 bridgehead atoms. The molecule has 0 aromatic heterocycles. The second-order valence-corrected chi connectivity index (χ2v) is 7.48. The van der Waals surface area contributed by atoms with E-state index in [2.05, 4.69) is 0 Å². The molecule has 1 aliphatic heterocycles. The van der Waals surface area contributed by atoms with Gasteiger partial charge < -0.3 is 4.90 Å². The molecule has 1 saturated heterocycles. The molecule has 1 aromatic carbocycles. The minimum absolute atomic E-state index is 0.109. The van der Waals surface area contributed by atoms with E-state index in [0.717, 1.165) is 6.42 Å². The summed E-state index contributed by atoms with van der Waals surface area (Å²) in [4.78, 5) is 12.6. The van der Waals surface area contributed by atoms with Crippen LogP contribution in [0.3, 0.4) is 0 Å². The van der Waals surface area contributed by atoms with Gasteiger partial charge in [-0.1, -0.05) is 13.8 Å². The molecule has 1 aromatic rings. The third-order valence-corrected chi connectivity index (χ3v) is 4.42. The van der Waals surface area contributed by atoms with Gasteiger partial charge in [-0.2, -0.15) is 0 Å². The van der Waals surface area contributed by atoms with Crippen molar-refractivity contribution in [2.45, 2.75) is 25.2 Å². The topological polar surface area (TPSA) is 80.5 Å². The summed E-state index contributed by atoms with van der Waals surface area (Å²) in [6.07, 6.45) is 0.734. The van der Waals surface area contributed by atoms with Crippen molar-refractivity contribution < 1.29 is 22.0 Å². The van der Waals surface area contributed by atoms with Gasteiger partial charge in [0.1, 0.15) is 10.7 Å². The number of primary sulfonamides is 1. The van der Waals surface area contributed by atoms with E-state index in [1.54, 1.807) is 0 Å². The van der Waals surface area contributed by atoms with Crippen molar-refractivity contribution in [3.63, 3.8) is 0 Å². The van der Waals surface area contributed by atoms with Crippen molar-refractivity contribution in [3.05, 3.63) is 29.3 Å². The lowest BCUT2D eigenvalue weighted by molar-refractivity contribution is 0.0772. The number of hydrogen-bond acceptors (Lipinski definition) is 3. The largest absolute Gasteiger partial charge is 0.338 e. The first kappa shape index (κ1) is 15.8. The first-order valence-electron chi connectivity index (χ1n) is 6.32. The number of benzene rings is 1. The predicted molar refractivity (Wildman–Crippen MR) is 72.0 cm³/mol. The molecule has 1 fully saturated rings. The third kappa shape index (κ3) is 3.21. The van der Waals surface area contributed by atoms with Crippen LogP contribution >= 0.6 is 0 Å². The first-order valence-corrected chi connectivity index (χ1v) is 7.87. The maximum absolute atomic E-state index is 14.2. The van der Waals surface area contributed by atoms with Crippen molar-refractivity contribution in [1.82, 2.24) is 4.90 Å². The van der Waals surface area contributed by atoms with Crippen LogP contribution in [0.15, 0.2) is 17.0 Å². The molecule has 8 heteroatoms. The molecule has 0 spiro atoms. The zero-order valence-electron chi connectivity index (χ0n) is 11.7. The number of carbonyl (C=O) groups is 1. The van der Waals surface area contributed by atoms with Crippen molar-refractivity contribution >= 4 is 15.9 Å². The van der Waals surface area contributed by atoms with Crippen LogP contribution in [-0.2, 0) is 10.0 Å². The Morgan fingerprint density at radius 1 is 1.33 bits per heavy atom. The number of sulfonamides is 1. The van der Waals surface area contributed by atoms with Gasteiger partial charge in [-0.15, -0.1) is 0 Å². The zero-order chi connectivity index (χ0) is 16.0. The van der Waals surface area contributed by atoms with E-state index in [-0.39, 0.29) is 5.41 Å². The number of nitrogens with zero attached hydrogens (tertiary/aromatic N) is 1. The normalized spacial score (nSPS) is 18.0. The highest BCUT2D eigenvalue weighted by atomic mass is 32.2. The lowest BCUT2D eigenvalue weighted by Crippen LogP contribution is -2.31. The van der Waals surface area contributed by atoms with Gasteiger partial charge in [0.15, 0.2) is 5.82 Å². The second kappa shape index (κ2) is 5.03. The smallest absolute Gasteiger partial charge is 0.256 e. The second-order valence-electron chi connectivity index (χ2n) is 5.95. The maximum atomic E-state index is 14.2. The molecule has 0 unspecified atom stereocenters. The number of likely N-dealkylation sites (tertiary alicyclic amines) is 1. The summed E-state index contributed by atoms with van der Waals surface area (Å²) in [7, 11) is -4.44. The molecule has 0 saturated carbocycles. The van der Waals surface area contributed by atoms with Crippen LogP contribution in [0.25, 0.3) is 0 Å². The number of carbonyl (C=O) groups excluding carboxylic acids is 1. The highest BCUT2D eigenvalue weighted by molar-refractivity contribution is 7.89. The van der Waals surface area contributed by atoms with E-state index in [0.29, 0.717) is 25.2 Å². The Morgan fingerprint density at radius 2 is 1.95 bits per heavy atom. The minimum atomic E-state index is -4.44. The van der Waals surface area contributed by atoms with Gasteiger partial charge in [-0.05, 0) is 24.0 Å². The Kier molecular flexibility index (Phi) is 3.79. The fourth-order valence-electron chi connectivity index (χ4n) is 2.38. The van der Waals surface area contributed by atoms with E-state index >= 15 is 0 Å². The Bertz CT molecular complexity index is 702. The minimum Gasteiger partial charge on any atom is -0.338 e. The van der Waals surface area contributed by atoms with E-state index < -0.39 is 38.0 Å². The number of halogens is 2. The van der Waals surface area contributed by atoms with Gasteiger partial charge in [-0.25, -0.2) is 22.3 Å². The van der Waals surface area contributed by atoms with Gasteiger partial charge in [0.25, 0.3) is 5.91 Å². The third-order valence-electron chi connectivity index (χ3n) is 3.51. The number of amides is 1. The molecule has 1 heterocycles. The number of hydrogen-bond donors (Lipinski definition) is 1. The summed E-state index contributed by atoms with van der Waals surface area (Å²) in [6, 6.07) is 1.16. The van der Waals surface area contributed by atoms with E-state index in [4.69, 9.17) is 5.14 Å². The molecular weight excluding hydrogens is 302 g/mol. The van der Waals surface area contributed by atoms with Crippen LogP contribution in [-0.4, -0.2) is 32.3 Å². The van der Waals surface area contributed by atoms with E-state index in [9.17, 15) is 22.0 Å². The van der Waals surface area contributed by atoms with Crippen LogP contribution in [0.4, 0.5) is 8.78 Å². The van der Waals surface area contributed by atoms with Crippen LogP contribution in [0, 0.1) is 17.0 Å². The summed E-state index contributed by atoms with van der Waals surface area (Å²) in [6.45, 7) is 4.72. The Morgan fingerprint density at radius 3 is 2.43 bits per heavy atom. The summed E-state index contributed by atoms with van der Waals surface area (Å²) < 4.78 is 50.2. The molecule has 2 N–H and O–H groups in total. The number of nitrogens with two attached hydrogens (primary N) is 1. The predicted octanol–water partition coefficient (Wildman–Crippen LogP) is 1.48. The highest BCUT2D eigenvalue weighted by Crippen LogP contribution is 2.30. The fourth-order valence-corrected chi connectivity index (χ4v) is 3.02. The van der Waals surface area contributed by atoms with Crippen molar-refractivity contribution in [1.29, 1.82) is 0 Å². The lowest BCUT2D eigenvalue weighted by Gasteiger charge is -2.20. The average Bonchev–Trinajstić information content (AvgIpc) is 2.70. The standard InChI is InChI=1S/C13H16F2N2O3S/c1-13(2)3-4-17(7-13)12(18)9-5-8(14)6-10(11(9)15)21(16,19)20/h5-6H,3-4,7H2,1-2H3,(H2,16,19,20). The molecule has 5 nitrogen and oxygen atoms in total. The molecule has 1 aliphatic rings. The summed E-state index contributed by atoms with van der Waals surface area (Å²) in [5.74, 6) is -3.07. The van der Waals surface area contributed by atoms with Crippen LogP contribution < -0.4 is 5.14 Å². The molecule has 0 atom stereocenters. The average molecular weight is 318 g/mol. The van der Waals surface area contributed by atoms with Gasteiger partial charge in [-0.3, -0.25) is 4.79 Å². The Labute approximate surface area is 121 Å². The lowest BCUT2D eigenvalue weighted by atomic mass is 9.93. The van der Waals surface area contributed by atoms with E-state index in [1.807, 2.05) is 13.8 Å². The maximum Gasteiger partial charge on any atom is 0.256 e. The SMILES string of the molecule is CC1(C)CCN(C(=O)c2cc(F)cc(S(N)(=O)=O)c2F)C1. The Hall–Kier alpha value is -1.54. The molecule has 21 heavy (non-hydrogen) atoms. The number of rotatable bonds is 2. The van der Waals surface area contributed by atoms with Gasteiger partial charge >= 0.3 is 0 Å². The van der Waals surface area contributed by atoms with Gasteiger partial charge in [0.2, 0.25) is 10.0 Å². The highest BCUT2D eigenvalue weighted by Gasteiger charge is 2.34. The summed E-state index contributed by atoms with van der Waals surface area (Å²) in [5, 5.41) is 4.83. The van der Waals surface area contributed by atoms with E-state index in [1.165, 1.54) is 4.90 Å². The Balaban J connectivity index is 2.46. The van der Waals surface area contributed by atoms with Gasteiger partial charge in [0, 0.05) is 13.1 Å². The van der Waals surface area contributed by atoms with Gasteiger partial charge in [0.05, 0.1) is 5.56 Å². The first-order chi connectivity index (χ1) is 9.51. The molecule has 0 aliphatic carbocycles. The summed E-state index contributed by atoms with van der Waals surface area (Å²) >= 11 is 0. The van der Waals surface area contributed by atoms with Crippen molar-refractivity contribution in [2.24, 2.45) is 10.6 Å². The monoisotopic (exact) mass is 318 g/mol. The molecule has 116 valence electrons. The van der Waals surface area contributed by atoms with Crippen LogP contribution in [0.5, 0.6) is 0 Å².